The number of allylic oxidation sites excluding steroid dienone is 1. The molecular weight excluding hydrogens is 352 g/mol. The Hall–Kier alpha value is -2.51. The summed E-state index contributed by atoms with van der Waals surface area (Å²) in [5.74, 6) is -2.55. The van der Waals surface area contributed by atoms with E-state index in [1.807, 2.05) is 0 Å². The molecule has 7 nitrogen and oxygen atoms in total. The average Bonchev–Trinajstić information content (AvgIpc) is 3.01. The van der Waals surface area contributed by atoms with Crippen LogP contribution >= 0.6 is 0 Å². The predicted molar refractivity (Wildman–Crippen MR) is 94.2 cm³/mol. The van der Waals surface area contributed by atoms with Gasteiger partial charge >= 0.3 is 11.9 Å². The van der Waals surface area contributed by atoms with Crippen molar-refractivity contribution in [1.29, 1.82) is 0 Å². The molecule has 1 heterocycles. The second-order valence-electron chi connectivity index (χ2n) is 7.04. The van der Waals surface area contributed by atoms with Gasteiger partial charge in [-0.1, -0.05) is 12.2 Å². The average molecular weight is 374 g/mol. The third-order valence-corrected chi connectivity index (χ3v) is 5.41. The quantitative estimate of drug-likeness (QED) is 0.552. The van der Waals surface area contributed by atoms with Gasteiger partial charge in [-0.2, -0.15) is 0 Å². The molecular formula is C20H22O7. The Morgan fingerprint density at radius 2 is 2.11 bits per heavy atom. The Morgan fingerprint density at radius 1 is 1.41 bits per heavy atom. The smallest absolute Gasteiger partial charge is 0.334 e. The van der Waals surface area contributed by atoms with E-state index in [-0.39, 0.29) is 36.6 Å². The Bertz CT molecular complexity index is 814. The monoisotopic (exact) mass is 374 g/mol. The van der Waals surface area contributed by atoms with E-state index in [4.69, 9.17) is 14.6 Å². The molecule has 2 aliphatic carbocycles. The zero-order valence-corrected chi connectivity index (χ0v) is 15.2. The number of carbonyl (C=O) groups excluding carboxylic acids is 3. The molecule has 0 aromatic rings. The van der Waals surface area contributed by atoms with Crippen molar-refractivity contribution in [3.63, 3.8) is 0 Å². The highest BCUT2D eigenvalue weighted by molar-refractivity contribution is 6.09. The van der Waals surface area contributed by atoms with Gasteiger partial charge in [-0.25, -0.2) is 9.59 Å². The highest BCUT2D eigenvalue weighted by atomic mass is 16.6. The number of fused-ring (bicyclic) bond motifs is 3. The van der Waals surface area contributed by atoms with E-state index < -0.39 is 36.0 Å². The zero-order valence-electron chi connectivity index (χ0n) is 15.2. The summed E-state index contributed by atoms with van der Waals surface area (Å²) in [6.07, 6.45) is 1.38. The van der Waals surface area contributed by atoms with Crippen LogP contribution in [0.5, 0.6) is 0 Å². The molecule has 3 aliphatic rings. The molecule has 0 aromatic heterocycles. The lowest BCUT2D eigenvalue weighted by atomic mass is 9.82. The lowest BCUT2D eigenvalue weighted by molar-refractivity contribution is -0.148. The molecule has 2 N–H and O–H groups in total. The van der Waals surface area contributed by atoms with Crippen molar-refractivity contribution >= 4 is 17.7 Å². The van der Waals surface area contributed by atoms with Crippen molar-refractivity contribution in [2.45, 2.75) is 32.5 Å². The fourth-order valence-corrected chi connectivity index (χ4v) is 4.09. The lowest BCUT2D eigenvalue weighted by Gasteiger charge is -2.28. The molecule has 0 bridgehead atoms. The van der Waals surface area contributed by atoms with E-state index in [1.165, 1.54) is 19.1 Å². The summed E-state index contributed by atoms with van der Waals surface area (Å²) in [5.41, 5.74) is 2.03. The Balaban J connectivity index is 2.04. The van der Waals surface area contributed by atoms with Crippen LogP contribution in [-0.4, -0.2) is 53.4 Å². The molecule has 1 aliphatic heterocycles. The zero-order chi connectivity index (χ0) is 19.9. The van der Waals surface area contributed by atoms with Gasteiger partial charge in [0.1, 0.15) is 12.2 Å². The molecule has 0 saturated carbocycles. The number of esters is 2. The standard InChI is InChI=1S/C20H22O7/c1-9(4-5-21)19(24)26-14-7-12(8-22)17-13(23)6-10(2)15(17)18-16(14)11(3)20(25)27-18/h4,6,14-16,18,21-22H,3,5,7-8H2,1-2H3. The first-order valence-corrected chi connectivity index (χ1v) is 8.73. The first-order valence-electron chi connectivity index (χ1n) is 8.73. The molecule has 3 rings (SSSR count). The molecule has 7 heteroatoms. The number of ether oxygens (including phenoxy) is 2. The minimum absolute atomic E-state index is 0.101. The summed E-state index contributed by atoms with van der Waals surface area (Å²) < 4.78 is 11.1. The van der Waals surface area contributed by atoms with E-state index in [9.17, 15) is 19.5 Å². The maximum absolute atomic E-state index is 12.5. The van der Waals surface area contributed by atoms with E-state index in [2.05, 4.69) is 6.58 Å². The first kappa shape index (κ1) is 19.3. The van der Waals surface area contributed by atoms with Gasteiger partial charge in [0.15, 0.2) is 5.78 Å². The van der Waals surface area contributed by atoms with Crippen molar-refractivity contribution in [2.24, 2.45) is 11.8 Å². The van der Waals surface area contributed by atoms with Gasteiger partial charge in [0.05, 0.1) is 19.1 Å². The molecule has 4 atom stereocenters. The lowest BCUT2D eigenvalue weighted by Crippen LogP contribution is -2.36. The Morgan fingerprint density at radius 3 is 2.74 bits per heavy atom. The van der Waals surface area contributed by atoms with E-state index in [0.29, 0.717) is 11.1 Å². The number of ketones is 1. The maximum Gasteiger partial charge on any atom is 0.334 e. The largest absolute Gasteiger partial charge is 0.458 e. The predicted octanol–water partition coefficient (Wildman–Crippen LogP) is 0.772. The third kappa shape index (κ3) is 3.17. The van der Waals surface area contributed by atoms with E-state index in [0.717, 1.165) is 5.57 Å². The van der Waals surface area contributed by atoms with Crippen LogP contribution in [0.4, 0.5) is 0 Å². The van der Waals surface area contributed by atoms with Crippen LogP contribution in [-0.2, 0) is 23.9 Å². The van der Waals surface area contributed by atoms with Gasteiger partial charge in [0, 0.05) is 29.1 Å². The van der Waals surface area contributed by atoms with Crippen molar-refractivity contribution in [1.82, 2.24) is 0 Å². The van der Waals surface area contributed by atoms with Gasteiger partial charge in [0.25, 0.3) is 0 Å². The number of aliphatic hydroxyl groups is 2. The van der Waals surface area contributed by atoms with E-state index >= 15 is 0 Å². The molecule has 0 spiro atoms. The molecule has 0 aromatic carbocycles. The van der Waals surface area contributed by atoms with E-state index in [1.54, 1.807) is 6.92 Å². The minimum atomic E-state index is -0.815. The Kier molecular flexibility index (Phi) is 5.17. The fourth-order valence-electron chi connectivity index (χ4n) is 4.09. The van der Waals surface area contributed by atoms with Gasteiger partial charge in [-0.05, 0) is 31.6 Å². The van der Waals surface area contributed by atoms with Crippen molar-refractivity contribution in [3.05, 3.63) is 46.6 Å². The second kappa shape index (κ2) is 7.25. The number of carbonyl (C=O) groups is 3. The molecule has 144 valence electrons. The first-order chi connectivity index (χ1) is 12.8. The topological polar surface area (TPSA) is 110 Å². The van der Waals surface area contributed by atoms with Crippen molar-refractivity contribution < 1.29 is 34.1 Å². The van der Waals surface area contributed by atoms with Crippen molar-refractivity contribution in [2.75, 3.05) is 13.2 Å². The summed E-state index contributed by atoms with van der Waals surface area (Å²) in [4.78, 5) is 37.0. The number of aliphatic hydroxyl groups excluding tert-OH is 2. The molecule has 0 radical (unpaired) electrons. The summed E-state index contributed by atoms with van der Waals surface area (Å²) in [7, 11) is 0. The Labute approximate surface area is 156 Å². The second-order valence-corrected chi connectivity index (χ2v) is 7.04. The highest BCUT2D eigenvalue weighted by Crippen LogP contribution is 2.48. The summed E-state index contributed by atoms with van der Waals surface area (Å²) in [6.45, 7) is 6.42. The number of rotatable bonds is 4. The number of hydrogen-bond donors (Lipinski definition) is 2. The highest BCUT2D eigenvalue weighted by Gasteiger charge is 2.54. The molecule has 1 saturated heterocycles. The summed E-state index contributed by atoms with van der Waals surface area (Å²) >= 11 is 0. The van der Waals surface area contributed by atoms with Crippen molar-refractivity contribution in [3.8, 4) is 0 Å². The fraction of sp³-hybridized carbons (Fsp3) is 0.450. The molecule has 0 amide bonds. The van der Waals surface area contributed by atoms with Gasteiger partial charge < -0.3 is 19.7 Å². The summed E-state index contributed by atoms with van der Waals surface area (Å²) in [5, 5.41) is 18.8. The van der Waals surface area contributed by atoms with Crippen LogP contribution in [0.3, 0.4) is 0 Å². The van der Waals surface area contributed by atoms with Crippen LogP contribution in [0.15, 0.2) is 46.6 Å². The van der Waals surface area contributed by atoms with Crippen LogP contribution in [0.1, 0.15) is 20.3 Å². The normalized spacial score (nSPS) is 30.6. The van der Waals surface area contributed by atoms with Gasteiger partial charge in [-0.3, -0.25) is 4.79 Å². The van der Waals surface area contributed by atoms with Crippen LogP contribution in [0.2, 0.25) is 0 Å². The van der Waals surface area contributed by atoms with Crippen LogP contribution in [0.25, 0.3) is 0 Å². The number of hydrogen-bond acceptors (Lipinski definition) is 7. The molecule has 27 heavy (non-hydrogen) atoms. The van der Waals surface area contributed by atoms with Crippen LogP contribution in [0, 0.1) is 11.8 Å². The molecule has 1 fully saturated rings. The maximum atomic E-state index is 12.5. The van der Waals surface area contributed by atoms with Gasteiger partial charge in [-0.15, -0.1) is 0 Å². The minimum Gasteiger partial charge on any atom is -0.458 e. The SMILES string of the molecule is C=C1C(=O)OC2C3C(C)=CC(=O)C3=C(CO)CC(OC(=O)C(C)=CCO)C12. The third-order valence-electron chi connectivity index (χ3n) is 5.41. The molecule has 4 unspecified atom stereocenters. The summed E-state index contributed by atoms with van der Waals surface area (Å²) in [6, 6.07) is 0. The van der Waals surface area contributed by atoms with Crippen LogP contribution < -0.4 is 0 Å². The van der Waals surface area contributed by atoms with Gasteiger partial charge in [0.2, 0.25) is 0 Å².